The molecule has 2 aromatic rings. The van der Waals surface area contributed by atoms with E-state index in [2.05, 4.69) is 0 Å². The molecule has 0 bridgehead atoms. The van der Waals surface area contributed by atoms with Crippen LogP contribution < -0.4 is 0 Å². The molecule has 0 aliphatic rings. The number of ketones is 1. The molecule has 0 spiro atoms. The van der Waals surface area contributed by atoms with Gasteiger partial charge in [-0.2, -0.15) is 0 Å². The average molecular weight is 309 g/mol. The lowest BCUT2D eigenvalue weighted by Crippen LogP contribution is -2.11. The lowest BCUT2D eigenvalue weighted by atomic mass is 10.1. The summed E-state index contributed by atoms with van der Waals surface area (Å²) >= 11 is 5.72. The number of hydrogen-bond donors (Lipinski definition) is 0. The zero-order valence-electron chi connectivity index (χ0n) is 10.6. The first-order valence-electron chi connectivity index (χ1n) is 6.05. The molecule has 0 heterocycles. The van der Waals surface area contributed by atoms with Crippen LogP contribution in [0.5, 0.6) is 0 Å². The Labute approximate surface area is 123 Å². The van der Waals surface area contributed by atoms with Crippen LogP contribution in [0.4, 0.5) is 0 Å². The predicted octanol–water partition coefficient (Wildman–Crippen LogP) is 3.39. The van der Waals surface area contributed by atoms with Gasteiger partial charge in [0.05, 0.1) is 10.6 Å². The summed E-state index contributed by atoms with van der Waals surface area (Å²) in [4.78, 5) is 12.1. The number of sulfone groups is 1. The van der Waals surface area contributed by atoms with Crippen molar-refractivity contribution in [1.29, 1.82) is 0 Å². The van der Waals surface area contributed by atoms with Gasteiger partial charge in [0.2, 0.25) is 0 Å². The first-order chi connectivity index (χ1) is 9.49. The second kappa shape index (κ2) is 6.20. The minimum atomic E-state index is -3.46. The molecule has 0 aromatic heterocycles. The summed E-state index contributed by atoms with van der Waals surface area (Å²) < 4.78 is 24.2. The van der Waals surface area contributed by atoms with Gasteiger partial charge in [0.25, 0.3) is 0 Å². The van der Waals surface area contributed by atoms with E-state index in [0.29, 0.717) is 10.6 Å². The Morgan fingerprint density at radius 2 is 1.55 bits per heavy atom. The van der Waals surface area contributed by atoms with E-state index in [1.54, 1.807) is 30.3 Å². The number of benzene rings is 2. The number of hydrogen-bond acceptors (Lipinski definition) is 3. The molecule has 0 unspecified atom stereocenters. The van der Waals surface area contributed by atoms with E-state index in [1.807, 2.05) is 0 Å². The van der Waals surface area contributed by atoms with Crippen LogP contribution in [0.3, 0.4) is 0 Å². The Morgan fingerprint density at radius 1 is 0.950 bits per heavy atom. The third-order valence-corrected chi connectivity index (χ3v) is 4.85. The van der Waals surface area contributed by atoms with Crippen molar-refractivity contribution in [3.8, 4) is 0 Å². The molecular formula is C15H13ClO3S. The number of rotatable bonds is 5. The van der Waals surface area contributed by atoms with E-state index in [4.69, 9.17) is 11.6 Å². The molecule has 5 heteroatoms. The second-order valence-electron chi connectivity index (χ2n) is 4.31. The van der Waals surface area contributed by atoms with Crippen LogP contribution in [0.15, 0.2) is 59.5 Å². The highest BCUT2D eigenvalue weighted by atomic mass is 35.5. The van der Waals surface area contributed by atoms with Gasteiger partial charge in [-0.3, -0.25) is 4.79 Å². The molecule has 0 radical (unpaired) electrons. The highest BCUT2D eigenvalue weighted by Gasteiger charge is 2.17. The number of carbonyl (C=O) groups is 1. The van der Waals surface area contributed by atoms with Gasteiger partial charge in [-0.25, -0.2) is 8.42 Å². The molecule has 0 aliphatic heterocycles. The fraction of sp³-hybridized carbons (Fsp3) is 0.133. The van der Waals surface area contributed by atoms with Crippen LogP contribution in [-0.2, 0) is 9.84 Å². The molecule has 0 aliphatic carbocycles. The van der Waals surface area contributed by atoms with Gasteiger partial charge in [-0.05, 0) is 24.3 Å². The number of Topliss-reactive ketones (excluding diaryl/α,β-unsaturated/α-hetero) is 1. The van der Waals surface area contributed by atoms with E-state index >= 15 is 0 Å². The molecule has 0 amide bonds. The fourth-order valence-corrected chi connectivity index (χ4v) is 3.12. The third-order valence-electron chi connectivity index (χ3n) is 2.87. The van der Waals surface area contributed by atoms with Gasteiger partial charge in [0, 0.05) is 17.0 Å². The number of carbonyl (C=O) groups excluding carboxylic acids is 1. The molecule has 0 saturated carbocycles. The van der Waals surface area contributed by atoms with Gasteiger partial charge in [0.1, 0.15) is 0 Å². The maximum absolute atomic E-state index is 12.1. The van der Waals surface area contributed by atoms with Crippen molar-refractivity contribution in [2.75, 3.05) is 5.75 Å². The first-order valence-corrected chi connectivity index (χ1v) is 8.09. The van der Waals surface area contributed by atoms with Crippen molar-refractivity contribution in [3.63, 3.8) is 0 Å². The maximum atomic E-state index is 12.1. The highest BCUT2D eigenvalue weighted by Crippen LogP contribution is 2.16. The molecular weight excluding hydrogens is 296 g/mol. The molecule has 0 saturated heterocycles. The minimum Gasteiger partial charge on any atom is -0.294 e. The van der Waals surface area contributed by atoms with E-state index in [1.165, 1.54) is 24.3 Å². The fourth-order valence-electron chi connectivity index (χ4n) is 1.76. The summed E-state index contributed by atoms with van der Waals surface area (Å²) in [5, 5.41) is 0.476. The van der Waals surface area contributed by atoms with Crippen molar-refractivity contribution < 1.29 is 13.2 Å². The zero-order valence-corrected chi connectivity index (χ0v) is 12.2. The van der Waals surface area contributed by atoms with Crippen LogP contribution in [0, 0.1) is 0 Å². The van der Waals surface area contributed by atoms with Gasteiger partial charge in [0.15, 0.2) is 15.6 Å². The van der Waals surface area contributed by atoms with Gasteiger partial charge in [-0.15, -0.1) is 0 Å². The van der Waals surface area contributed by atoms with Gasteiger partial charge < -0.3 is 0 Å². The van der Waals surface area contributed by atoms with Crippen molar-refractivity contribution in [1.82, 2.24) is 0 Å². The summed E-state index contributed by atoms with van der Waals surface area (Å²) in [6.07, 6.45) is -0.0328. The van der Waals surface area contributed by atoms with Crippen LogP contribution in [0.25, 0.3) is 0 Å². The Balaban J connectivity index is 2.06. The van der Waals surface area contributed by atoms with E-state index in [0.717, 1.165) is 0 Å². The zero-order chi connectivity index (χ0) is 14.6. The van der Waals surface area contributed by atoms with E-state index in [-0.39, 0.29) is 22.9 Å². The van der Waals surface area contributed by atoms with E-state index < -0.39 is 9.84 Å². The topological polar surface area (TPSA) is 51.2 Å². The lowest BCUT2D eigenvalue weighted by molar-refractivity contribution is 0.0989. The van der Waals surface area contributed by atoms with Crippen LogP contribution in [-0.4, -0.2) is 20.0 Å². The SMILES string of the molecule is O=C(CCS(=O)(=O)c1ccc(Cl)cc1)c1ccccc1. The first kappa shape index (κ1) is 14.8. The summed E-state index contributed by atoms with van der Waals surface area (Å²) in [5.74, 6) is -0.384. The molecule has 3 nitrogen and oxygen atoms in total. The summed E-state index contributed by atoms with van der Waals surface area (Å²) in [6, 6.07) is 14.6. The highest BCUT2D eigenvalue weighted by molar-refractivity contribution is 7.91. The maximum Gasteiger partial charge on any atom is 0.178 e. The minimum absolute atomic E-state index is 0.0328. The second-order valence-corrected chi connectivity index (χ2v) is 6.86. The quantitative estimate of drug-likeness (QED) is 0.796. The summed E-state index contributed by atoms with van der Waals surface area (Å²) in [7, 11) is -3.46. The van der Waals surface area contributed by atoms with Crippen LogP contribution in [0.2, 0.25) is 5.02 Å². The molecule has 0 fully saturated rings. The number of halogens is 1. The Hall–Kier alpha value is -1.65. The Kier molecular flexibility index (Phi) is 4.57. The van der Waals surface area contributed by atoms with Crippen molar-refractivity contribution in [3.05, 3.63) is 65.2 Å². The Bertz CT molecular complexity index is 692. The normalized spacial score (nSPS) is 11.2. The molecule has 2 rings (SSSR count). The third kappa shape index (κ3) is 3.68. The molecule has 0 N–H and O–H groups in total. The average Bonchev–Trinajstić information content (AvgIpc) is 2.46. The lowest BCUT2D eigenvalue weighted by Gasteiger charge is -2.04. The summed E-state index contributed by atoms with van der Waals surface area (Å²) in [6.45, 7) is 0. The van der Waals surface area contributed by atoms with Gasteiger partial charge in [-0.1, -0.05) is 41.9 Å². The molecule has 2 aromatic carbocycles. The Morgan fingerprint density at radius 3 is 2.15 bits per heavy atom. The van der Waals surface area contributed by atoms with Crippen LogP contribution in [0.1, 0.15) is 16.8 Å². The van der Waals surface area contributed by atoms with E-state index in [9.17, 15) is 13.2 Å². The molecule has 20 heavy (non-hydrogen) atoms. The predicted molar refractivity (Wildman–Crippen MR) is 78.9 cm³/mol. The monoisotopic (exact) mass is 308 g/mol. The van der Waals surface area contributed by atoms with Crippen molar-refractivity contribution in [2.45, 2.75) is 11.3 Å². The molecule has 104 valence electrons. The smallest absolute Gasteiger partial charge is 0.178 e. The largest absolute Gasteiger partial charge is 0.294 e. The standard InChI is InChI=1S/C15H13ClO3S/c16-13-6-8-14(9-7-13)20(18,19)11-10-15(17)12-4-2-1-3-5-12/h1-9H,10-11H2. The molecule has 0 atom stereocenters. The van der Waals surface area contributed by atoms with Crippen molar-refractivity contribution >= 4 is 27.2 Å². The van der Waals surface area contributed by atoms with Gasteiger partial charge >= 0.3 is 0 Å². The van der Waals surface area contributed by atoms with Crippen LogP contribution >= 0.6 is 11.6 Å². The van der Waals surface area contributed by atoms with Crippen molar-refractivity contribution in [2.24, 2.45) is 0 Å². The summed E-state index contributed by atoms with van der Waals surface area (Å²) in [5.41, 5.74) is 0.527.